The number of anilines is 1. The first-order chi connectivity index (χ1) is 10.2. The quantitative estimate of drug-likeness (QED) is 0.801. The summed E-state index contributed by atoms with van der Waals surface area (Å²) in [6.07, 6.45) is 2.52. The number of methoxy groups -OCH3 is 1. The van der Waals surface area contributed by atoms with E-state index in [1.165, 1.54) is 0 Å². The number of carbonyl (C=O) groups excluding carboxylic acids is 1. The zero-order valence-corrected chi connectivity index (χ0v) is 12.3. The van der Waals surface area contributed by atoms with Crippen molar-refractivity contribution < 1.29 is 9.53 Å². The van der Waals surface area contributed by atoms with Gasteiger partial charge in [-0.1, -0.05) is 30.3 Å². The van der Waals surface area contributed by atoms with Gasteiger partial charge in [0.15, 0.2) is 0 Å². The van der Waals surface area contributed by atoms with Crippen molar-refractivity contribution in [1.82, 2.24) is 14.9 Å². The Bertz CT molecular complexity index is 581. The van der Waals surface area contributed by atoms with Crippen LogP contribution in [0.4, 0.5) is 10.7 Å². The molecule has 6 nitrogen and oxygen atoms in total. The van der Waals surface area contributed by atoms with E-state index in [1.807, 2.05) is 41.9 Å². The number of amides is 2. The molecule has 0 saturated heterocycles. The average molecular weight is 288 g/mol. The van der Waals surface area contributed by atoms with Crippen LogP contribution in [0, 0.1) is 0 Å². The van der Waals surface area contributed by atoms with Gasteiger partial charge in [-0.05, 0) is 12.0 Å². The first kappa shape index (κ1) is 15.1. The minimum absolute atomic E-state index is 0.264. The van der Waals surface area contributed by atoms with E-state index in [0.29, 0.717) is 19.1 Å². The van der Waals surface area contributed by atoms with E-state index >= 15 is 0 Å². The normalized spacial score (nSPS) is 10.4. The summed E-state index contributed by atoms with van der Waals surface area (Å²) in [4.78, 5) is 16.0. The van der Waals surface area contributed by atoms with Crippen LogP contribution >= 0.6 is 0 Å². The first-order valence-electron chi connectivity index (χ1n) is 6.83. The smallest absolute Gasteiger partial charge is 0.321 e. The molecule has 2 aromatic rings. The lowest BCUT2D eigenvalue weighted by molar-refractivity contribution is 0.194. The van der Waals surface area contributed by atoms with Crippen LogP contribution in [-0.2, 0) is 11.8 Å². The Hall–Kier alpha value is -2.34. The van der Waals surface area contributed by atoms with E-state index in [0.717, 1.165) is 17.7 Å². The molecular formula is C15H20N4O2. The molecule has 0 radical (unpaired) electrons. The van der Waals surface area contributed by atoms with Gasteiger partial charge < -0.3 is 14.6 Å². The highest BCUT2D eigenvalue weighted by Crippen LogP contribution is 2.21. The molecule has 2 amide bonds. The molecule has 21 heavy (non-hydrogen) atoms. The van der Waals surface area contributed by atoms with Crippen LogP contribution in [0.3, 0.4) is 0 Å². The number of nitrogens with zero attached hydrogens (tertiary/aromatic N) is 2. The number of imidazole rings is 1. The SMILES string of the molecule is COCCCNC(=O)Nc1ncc(-c2ccccc2)n1C. The van der Waals surface area contributed by atoms with E-state index in [4.69, 9.17) is 4.74 Å². The Labute approximate surface area is 124 Å². The third kappa shape index (κ3) is 4.06. The molecule has 0 fully saturated rings. The fourth-order valence-electron chi connectivity index (χ4n) is 1.97. The molecule has 0 bridgehead atoms. The minimum Gasteiger partial charge on any atom is -0.385 e. The van der Waals surface area contributed by atoms with Gasteiger partial charge >= 0.3 is 6.03 Å². The maximum Gasteiger partial charge on any atom is 0.321 e. The third-order valence-corrected chi connectivity index (χ3v) is 3.09. The zero-order valence-electron chi connectivity index (χ0n) is 12.3. The van der Waals surface area contributed by atoms with Crippen molar-refractivity contribution >= 4 is 12.0 Å². The number of rotatable bonds is 6. The summed E-state index contributed by atoms with van der Waals surface area (Å²) in [5, 5.41) is 5.50. The zero-order chi connectivity index (χ0) is 15.1. The molecule has 0 spiro atoms. The van der Waals surface area contributed by atoms with Crippen molar-refractivity contribution in [2.45, 2.75) is 6.42 Å². The number of benzene rings is 1. The largest absolute Gasteiger partial charge is 0.385 e. The van der Waals surface area contributed by atoms with Crippen LogP contribution < -0.4 is 10.6 Å². The fourth-order valence-corrected chi connectivity index (χ4v) is 1.97. The summed E-state index contributed by atoms with van der Waals surface area (Å²) >= 11 is 0. The highest BCUT2D eigenvalue weighted by molar-refractivity contribution is 5.87. The maximum atomic E-state index is 11.8. The van der Waals surface area contributed by atoms with Crippen LogP contribution in [0.5, 0.6) is 0 Å². The Kier molecular flexibility index (Phi) is 5.34. The lowest BCUT2D eigenvalue weighted by Crippen LogP contribution is -2.31. The van der Waals surface area contributed by atoms with E-state index in [9.17, 15) is 4.79 Å². The Morgan fingerprint density at radius 1 is 1.33 bits per heavy atom. The minimum atomic E-state index is -0.264. The summed E-state index contributed by atoms with van der Waals surface area (Å²) in [5.74, 6) is 0.512. The van der Waals surface area contributed by atoms with Gasteiger partial charge in [0.2, 0.25) is 5.95 Å². The molecule has 112 valence electrons. The first-order valence-corrected chi connectivity index (χ1v) is 6.83. The van der Waals surface area contributed by atoms with Gasteiger partial charge in [-0.15, -0.1) is 0 Å². The summed E-state index contributed by atoms with van der Waals surface area (Å²) < 4.78 is 6.78. The second kappa shape index (κ2) is 7.44. The highest BCUT2D eigenvalue weighted by atomic mass is 16.5. The monoisotopic (exact) mass is 288 g/mol. The molecule has 0 aliphatic heterocycles. The molecule has 2 rings (SSSR count). The number of nitrogens with one attached hydrogen (secondary N) is 2. The van der Waals surface area contributed by atoms with Gasteiger partial charge in [0.1, 0.15) is 0 Å². The molecule has 1 aromatic carbocycles. The van der Waals surface area contributed by atoms with Crippen LogP contribution in [0.15, 0.2) is 36.5 Å². The molecule has 0 saturated carbocycles. The molecule has 0 unspecified atom stereocenters. The lowest BCUT2D eigenvalue weighted by atomic mass is 10.2. The van der Waals surface area contributed by atoms with Gasteiger partial charge in [-0.3, -0.25) is 5.32 Å². The summed E-state index contributed by atoms with van der Waals surface area (Å²) in [6, 6.07) is 9.65. The Morgan fingerprint density at radius 3 is 2.81 bits per heavy atom. The summed E-state index contributed by atoms with van der Waals surface area (Å²) in [6.45, 7) is 1.19. The predicted molar refractivity (Wildman–Crippen MR) is 82.2 cm³/mol. The molecule has 1 heterocycles. The highest BCUT2D eigenvalue weighted by Gasteiger charge is 2.10. The second-order valence-corrected chi connectivity index (χ2v) is 4.62. The van der Waals surface area contributed by atoms with Crippen LogP contribution in [0.25, 0.3) is 11.3 Å². The molecule has 0 aliphatic carbocycles. The van der Waals surface area contributed by atoms with Gasteiger partial charge in [-0.2, -0.15) is 0 Å². The molecule has 0 atom stereocenters. The van der Waals surface area contributed by atoms with Crippen molar-refractivity contribution in [1.29, 1.82) is 0 Å². The average Bonchev–Trinajstić information content (AvgIpc) is 2.86. The van der Waals surface area contributed by atoms with Gasteiger partial charge in [0, 0.05) is 27.3 Å². The Balaban J connectivity index is 1.96. The number of ether oxygens (including phenoxy) is 1. The third-order valence-electron chi connectivity index (χ3n) is 3.09. The van der Waals surface area contributed by atoms with Gasteiger partial charge in [-0.25, -0.2) is 9.78 Å². The van der Waals surface area contributed by atoms with E-state index in [1.54, 1.807) is 13.3 Å². The predicted octanol–water partition coefficient (Wildman–Crippen LogP) is 2.25. The topological polar surface area (TPSA) is 68.2 Å². The number of carbonyl (C=O) groups is 1. The number of hydrogen-bond donors (Lipinski definition) is 2. The van der Waals surface area contributed by atoms with Crippen LogP contribution in [0.1, 0.15) is 6.42 Å². The maximum absolute atomic E-state index is 11.8. The lowest BCUT2D eigenvalue weighted by Gasteiger charge is -2.08. The van der Waals surface area contributed by atoms with Crippen LogP contribution in [0.2, 0.25) is 0 Å². The molecular weight excluding hydrogens is 268 g/mol. The van der Waals surface area contributed by atoms with E-state index in [2.05, 4.69) is 15.6 Å². The van der Waals surface area contributed by atoms with Crippen molar-refractivity contribution in [2.24, 2.45) is 7.05 Å². The van der Waals surface area contributed by atoms with E-state index in [-0.39, 0.29) is 6.03 Å². The molecule has 1 aromatic heterocycles. The van der Waals surface area contributed by atoms with Crippen molar-refractivity contribution in [2.75, 3.05) is 25.6 Å². The van der Waals surface area contributed by atoms with Crippen molar-refractivity contribution in [3.05, 3.63) is 36.5 Å². The molecule has 2 N–H and O–H groups in total. The van der Waals surface area contributed by atoms with Gasteiger partial charge in [0.25, 0.3) is 0 Å². The number of aromatic nitrogens is 2. The number of urea groups is 1. The Morgan fingerprint density at radius 2 is 2.10 bits per heavy atom. The summed E-state index contributed by atoms with van der Waals surface area (Å²) in [5.41, 5.74) is 2.01. The summed E-state index contributed by atoms with van der Waals surface area (Å²) in [7, 11) is 3.51. The fraction of sp³-hybridized carbons (Fsp3) is 0.333. The number of hydrogen-bond acceptors (Lipinski definition) is 3. The van der Waals surface area contributed by atoms with Crippen LogP contribution in [-0.4, -0.2) is 35.8 Å². The standard InChI is InChI=1S/C15H20N4O2/c1-19-13(12-7-4-3-5-8-12)11-17-14(19)18-15(20)16-9-6-10-21-2/h3-5,7-8,11H,6,9-10H2,1-2H3,(H2,16,17,18,20). The second-order valence-electron chi connectivity index (χ2n) is 4.62. The van der Waals surface area contributed by atoms with Crippen molar-refractivity contribution in [3.63, 3.8) is 0 Å². The molecule has 6 heteroatoms. The van der Waals surface area contributed by atoms with Gasteiger partial charge in [0.05, 0.1) is 11.9 Å². The molecule has 0 aliphatic rings. The van der Waals surface area contributed by atoms with E-state index < -0.39 is 0 Å². The van der Waals surface area contributed by atoms with Crippen molar-refractivity contribution in [3.8, 4) is 11.3 Å².